The summed E-state index contributed by atoms with van der Waals surface area (Å²) in [7, 11) is 3.85. The van der Waals surface area contributed by atoms with Gasteiger partial charge < -0.3 is 14.2 Å². The minimum atomic E-state index is -0.164. The molecule has 0 saturated carbocycles. The standard InChI is InChI=1S/C17H21N3O3/c1-19-9-11-22-15(16(19)13-6-4-3-5-7-13)12-20(2)17(21)14-8-10-23-18-14/h3-8,10,15-16H,9,11-12H2,1-2H3/t15-,16-/m0/s1. The normalized spacial score (nSPS) is 22.0. The summed E-state index contributed by atoms with van der Waals surface area (Å²) in [6, 6.07) is 11.9. The molecular weight excluding hydrogens is 294 g/mol. The Bertz CT molecular complexity index is 630. The molecule has 0 unspecified atom stereocenters. The van der Waals surface area contributed by atoms with E-state index in [1.807, 2.05) is 18.2 Å². The molecule has 1 fully saturated rings. The molecule has 0 bridgehead atoms. The second kappa shape index (κ2) is 6.93. The number of aromatic nitrogens is 1. The van der Waals surface area contributed by atoms with E-state index >= 15 is 0 Å². The van der Waals surface area contributed by atoms with Crippen molar-refractivity contribution in [2.45, 2.75) is 12.1 Å². The van der Waals surface area contributed by atoms with Crippen LogP contribution < -0.4 is 0 Å². The predicted octanol–water partition coefficient (Wildman–Crippen LogP) is 1.82. The molecule has 1 aromatic heterocycles. The molecule has 0 aliphatic carbocycles. The zero-order valence-corrected chi connectivity index (χ0v) is 13.4. The van der Waals surface area contributed by atoms with Crippen LogP contribution in [-0.4, -0.2) is 60.8 Å². The first-order valence-electron chi connectivity index (χ1n) is 7.69. The first-order chi connectivity index (χ1) is 11.2. The summed E-state index contributed by atoms with van der Waals surface area (Å²) in [6.07, 6.45) is 1.32. The van der Waals surface area contributed by atoms with E-state index in [1.165, 1.54) is 11.8 Å². The summed E-state index contributed by atoms with van der Waals surface area (Å²) >= 11 is 0. The van der Waals surface area contributed by atoms with Crippen LogP contribution in [0, 0.1) is 0 Å². The van der Waals surface area contributed by atoms with Gasteiger partial charge in [-0.15, -0.1) is 0 Å². The summed E-state index contributed by atoms with van der Waals surface area (Å²) in [5, 5.41) is 3.71. The third-order valence-electron chi connectivity index (χ3n) is 4.20. The zero-order chi connectivity index (χ0) is 16.2. The third-order valence-corrected chi connectivity index (χ3v) is 4.20. The zero-order valence-electron chi connectivity index (χ0n) is 13.4. The quantitative estimate of drug-likeness (QED) is 0.861. The summed E-state index contributed by atoms with van der Waals surface area (Å²) < 4.78 is 10.7. The van der Waals surface area contributed by atoms with Crippen LogP contribution >= 0.6 is 0 Å². The Labute approximate surface area is 135 Å². The molecule has 0 spiro atoms. The van der Waals surface area contributed by atoms with Crippen LogP contribution in [0.15, 0.2) is 47.2 Å². The van der Waals surface area contributed by atoms with E-state index in [2.05, 4.69) is 29.2 Å². The molecule has 1 aliphatic heterocycles. The Morgan fingerprint density at radius 3 is 2.83 bits per heavy atom. The highest BCUT2D eigenvalue weighted by Gasteiger charge is 2.33. The van der Waals surface area contributed by atoms with E-state index in [1.54, 1.807) is 18.0 Å². The van der Waals surface area contributed by atoms with Crippen molar-refractivity contribution in [3.8, 4) is 0 Å². The lowest BCUT2D eigenvalue weighted by molar-refractivity contribution is -0.0708. The van der Waals surface area contributed by atoms with Crippen molar-refractivity contribution in [1.29, 1.82) is 0 Å². The van der Waals surface area contributed by atoms with Crippen LogP contribution in [0.4, 0.5) is 0 Å². The minimum absolute atomic E-state index is 0.0861. The van der Waals surface area contributed by atoms with Gasteiger partial charge in [0, 0.05) is 26.2 Å². The number of carbonyl (C=O) groups excluding carboxylic acids is 1. The Hall–Kier alpha value is -2.18. The van der Waals surface area contributed by atoms with Crippen molar-refractivity contribution in [2.75, 3.05) is 33.8 Å². The molecule has 1 amide bonds. The van der Waals surface area contributed by atoms with Gasteiger partial charge in [0.1, 0.15) is 6.26 Å². The van der Waals surface area contributed by atoms with Gasteiger partial charge in [-0.2, -0.15) is 0 Å². The highest BCUT2D eigenvalue weighted by atomic mass is 16.5. The lowest BCUT2D eigenvalue weighted by atomic mass is 9.98. The summed E-state index contributed by atoms with van der Waals surface area (Å²) in [5.74, 6) is -0.164. The molecular formula is C17H21N3O3. The number of carbonyl (C=O) groups is 1. The maximum Gasteiger partial charge on any atom is 0.275 e. The molecule has 1 saturated heterocycles. The lowest BCUT2D eigenvalue weighted by Crippen LogP contribution is -2.48. The maximum atomic E-state index is 12.3. The smallest absolute Gasteiger partial charge is 0.275 e. The maximum absolute atomic E-state index is 12.3. The molecule has 2 heterocycles. The number of hydrogen-bond donors (Lipinski definition) is 0. The van der Waals surface area contributed by atoms with Crippen LogP contribution in [0.5, 0.6) is 0 Å². The highest BCUT2D eigenvalue weighted by Crippen LogP contribution is 2.28. The molecule has 2 aromatic rings. The highest BCUT2D eigenvalue weighted by molar-refractivity contribution is 5.91. The van der Waals surface area contributed by atoms with E-state index in [0.29, 0.717) is 18.8 Å². The van der Waals surface area contributed by atoms with E-state index in [9.17, 15) is 4.79 Å². The SMILES string of the molecule is CN(C[C@@H]1OCCN(C)[C@H]1c1ccccc1)C(=O)c1ccon1. The molecule has 0 radical (unpaired) electrons. The van der Waals surface area contributed by atoms with Crippen LogP contribution in [0.2, 0.25) is 0 Å². The monoisotopic (exact) mass is 315 g/mol. The average molecular weight is 315 g/mol. The summed E-state index contributed by atoms with van der Waals surface area (Å²) in [6.45, 7) is 2.03. The molecule has 122 valence electrons. The Kier molecular flexibility index (Phi) is 4.73. The lowest BCUT2D eigenvalue weighted by Gasteiger charge is -2.40. The number of rotatable bonds is 4. The van der Waals surface area contributed by atoms with Gasteiger partial charge in [0.05, 0.1) is 18.8 Å². The van der Waals surface area contributed by atoms with E-state index in [-0.39, 0.29) is 18.1 Å². The van der Waals surface area contributed by atoms with Crippen LogP contribution in [0.25, 0.3) is 0 Å². The summed E-state index contributed by atoms with van der Waals surface area (Å²) in [5.41, 5.74) is 1.51. The Morgan fingerprint density at radius 1 is 1.35 bits per heavy atom. The number of likely N-dealkylation sites (N-methyl/N-ethyl adjacent to an activating group) is 2. The largest absolute Gasteiger partial charge is 0.373 e. The minimum Gasteiger partial charge on any atom is -0.373 e. The number of nitrogens with zero attached hydrogens (tertiary/aromatic N) is 3. The third kappa shape index (κ3) is 3.43. The van der Waals surface area contributed by atoms with Gasteiger partial charge >= 0.3 is 0 Å². The van der Waals surface area contributed by atoms with Gasteiger partial charge in [-0.3, -0.25) is 9.69 Å². The van der Waals surface area contributed by atoms with E-state index in [4.69, 9.17) is 9.26 Å². The number of amides is 1. The van der Waals surface area contributed by atoms with Crippen molar-refractivity contribution in [1.82, 2.24) is 15.0 Å². The second-order valence-corrected chi connectivity index (χ2v) is 5.82. The number of morpholine rings is 1. The van der Waals surface area contributed by atoms with Crippen molar-refractivity contribution >= 4 is 5.91 Å². The first-order valence-corrected chi connectivity index (χ1v) is 7.69. The number of hydrogen-bond acceptors (Lipinski definition) is 5. The molecule has 2 atom stereocenters. The Morgan fingerprint density at radius 2 is 2.13 bits per heavy atom. The summed E-state index contributed by atoms with van der Waals surface area (Å²) in [4.78, 5) is 16.3. The molecule has 23 heavy (non-hydrogen) atoms. The van der Waals surface area contributed by atoms with Crippen LogP contribution in [0.3, 0.4) is 0 Å². The molecule has 1 aromatic carbocycles. The fraction of sp³-hybridized carbons (Fsp3) is 0.412. The fourth-order valence-corrected chi connectivity index (χ4v) is 3.01. The molecule has 6 nitrogen and oxygen atoms in total. The number of benzene rings is 1. The molecule has 1 aliphatic rings. The van der Waals surface area contributed by atoms with Gasteiger partial charge in [0.25, 0.3) is 5.91 Å². The fourth-order valence-electron chi connectivity index (χ4n) is 3.01. The number of ether oxygens (including phenoxy) is 1. The predicted molar refractivity (Wildman–Crippen MR) is 85.0 cm³/mol. The van der Waals surface area contributed by atoms with Gasteiger partial charge in [-0.1, -0.05) is 35.5 Å². The van der Waals surface area contributed by atoms with Crippen molar-refractivity contribution < 1.29 is 14.1 Å². The van der Waals surface area contributed by atoms with Gasteiger partial charge in [0.2, 0.25) is 0 Å². The molecule has 0 N–H and O–H groups in total. The first kappa shape index (κ1) is 15.7. The van der Waals surface area contributed by atoms with Crippen LogP contribution in [0.1, 0.15) is 22.1 Å². The second-order valence-electron chi connectivity index (χ2n) is 5.82. The van der Waals surface area contributed by atoms with Crippen LogP contribution in [-0.2, 0) is 4.74 Å². The Balaban J connectivity index is 1.75. The van der Waals surface area contributed by atoms with Gasteiger partial charge in [-0.25, -0.2) is 0 Å². The topological polar surface area (TPSA) is 58.8 Å². The van der Waals surface area contributed by atoms with Crippen molar-refractivity contribution in [3.63, 3.8) is 0 Å². The average Bonchev–Trinajstić information content (AvgIpc) is 3.09. The van der Waals surface area contributed by atoms with Crippen molar-refractivity contribution in [2.24, 2.45) is 0 Å². The van der Waals surface area contributed by atoms with Gasteiger partial charge in [-0.05, 0) is 12.6 Å². The molecule has 6 heteroatoms. The van der Waals surface area contributed by atoms with Crippen molar-refractivity contribution in [3.05, 3.63) is 53.9 Å². The molecule has 3 rings (SSSR count). The van der Waals surface area contributed by atoms with E-state index in [0.717, 1.165) is 6.54 Å². The van der Waals surface area contributed by atoms with E-state index < -0.39 is 0 Å². The van der Waals surface area contributed by atoms with Gasteiger partial charge in [0.15, 0.2) is 5.69 Å².